The number of hydrogen-bond donors (Lipinski definition) is 1. The third-order valence-electron chi connectivity index (χ3n) is 3.42. The molecule has 1 fully saturated rings. The highest BCUT2D eigenvalue weighted by Gasteiger charge is 2.29. The molecule has 0 saturated carbocycles. The SMILES string of the molecule is CC(=O)N1CCC[C@@H]1c1csc(Nc2ccccn2)n1. The van der Waals surface area contributed by atoms with Crippen LogP contribution in [0.5, 0.6) is 0 Å². The maximum atomic E-state index is 11.6. The zero-order valence-corrected chi connectivity index (χ0v) is 12.1. The molecular formula is C14H16N4OS. The fourth-order valence-corrected chi connectivity index (χ4v) is 3.26. The molecule has 1 amide bonds. The van der Waals surface area contributed by atoms with Crippen molar-refractivity contribution in [1.29, 1.82) is 0 Å². The molecule has 0 unspecified atom stereocenters. The number of amides is 1. The number of anilines is 2. The summed E-state index contributed by atoms with van der Waals surface area (Å²) in [6.45, 7) is 2.46. The highest BCUT2D eigenvalue weighted by molar-refractivity contribution is 7.13. The van der Waals surface area contributed by atoms with Crippen LogP contribution < -0.4 is 5.32 Å². The smallest absolute Gasteiger partial charge is 0.220 e. The molecule has 0 radical (unpaired) electrons. The normalized spacial score (nSPS) is 18.2. The number of carbonyl (C=O) groups excluding carboxylic acids is 1. The number of thiazole rings is 1. The van der Waals surface area contributed by atoms with Gasteiger partial charge < -0.3 is 10.2 Å². The monoisotopic (exact) mass is 288 g/mol. The molecule has 0 aliphatic carbocycles. The maximum absolute atomic E-state index is 11.6. The minimum atomic E-state index is 0.125. The molecule has 6 heteroatoms. The number of likely N-dealkylation sites (tertiary alicyclic amines) is 1. The van der Waals surface area contributed by atoms with Gasteiger partial charge in [-0.2, -0.15) is 0 Å². The summed E-state index contributed by atoms with van der Waals surface area (Å²) < 4.78 is 0. The Hall–Kier alpha value is -1.95. The fourth-order valence-electron chi connectivity index (χ4n) is 2.49. The van der Waals surface area contributed by atoms with Crippen LogP contribution in [0.15, 0.2) is 29.8 Å². The first-order valence-electron chi connectivity index (χ1n) is 6.65. The van der Waals surface area contributed by atoms with E-state index in [0.717, 1.165) is 36.0 Å². The molecule has 20 heavy (non-hydrogen) atoms. The number of hydrogen-bond acceptors (Lipinski definition) is 5. The van der Waals surface area contributed by atoms with Crippen molar-refractivity contribution in [3.05, 3.63) is 35.5 Å². The van der Waals surface area contributed by atoms with Crippen molar-refractivity contribution in [3.63, 3.8) is 0 Å². The van der Waals surface area contributed by atoms with E-state index >= 15 is 0 Å². The lowest BCUT2D eigenvalue weighted by molar-refractivity contribution is -0.129. The molecule has 0 aromatic carbocycles. The van der Waals surface area contributed by atoms with E-state index in [1.54, 1.807) is 24.5 Å². The summed E-state index contributed by atoms with van der Waals surface area (Å²) in [5.41, 5.74) is 0.973. The van der Waals surface area contributed by atoms with Crippen molar-refractivity contribution in [3.8, 4) is 0 Å². The van der Waals surface area contributed by atoms with Crippen molar-refractivity contribution < 1.29 is 4.79 Å². The molecule has 3 rings (SSSR count). The summed E-state index contributed by atoms with van der Waals surface area (Å²) in [4.78, 5) is 22.3. The van der Waals surface area contributed by atoms with Crippen LogP contribution in [-0.2, 0) is 4.79 Å². The first-order chi connectivity index (χ1) is 9.74. The van der Waals surface area contributed by atoms with E-state index in [9.17, 15) is 4.79 Å². The van der Waals surface area contributed by atoms with Crippen LogP contribution in [0.1, 0.15) is 31.5 Å². The predicted molar refractivity (Wildman–Crippen MR) is 79.0 cm³/mol. The number of nitrogens with one attached hydrogen (secondary N) is 1. The van der Waals surface area contributed by atoms with Crippen LogP contribution in [0, 0.1) is 0 Å². The lowest BCUT2D eigenvalue weighted by Crippen LogP contribution is -2.28. The second-order valence-corrected chi connectivity index (χ2v) is 5.65. The van der Waals surface area contributed by atoms with Gasteiger partial charge in [0.1, 0.15) is 5.82 Å². The van der Waals surface area contributed by atoms with Gasteiger partial charge >= 0.3 is 0 Å². The molecule has 1 aliphatic rings. The minimum Gasteiger partial charge on any atom is -0.334 e. The average molecular weight is 288 g/mol. The van der Waals surface area contributed by atoms with Gasteiger partial charge in [0.2, 0.25) is 5.91 Å². The Balaban J connectivity index is 1.75. The van der Waals surface area contributed by atoms with Gasteiger partial charge in [0.25, 0.3) is 0 Å². The third-order valence-corrected chi connectivity index (χ3v) is 4.20. The molecule has 104 valence electrons. The van der Waals surface area contributed by atoms with E-state index in [2.05, 4.69) is 15.3 Å². The first-order valence-corrected chi connectivity index (χ1v) is 7.52. The van der Waals surface area contributed by atoms with E-state index in [-0.39, 0.29) is 11.9 Å². The average Bonchev–Trinajstić information content (AvgIpc) is 3.07. The topological polar surface area (TPSA) is 58.1 Å². The fraction of sp³-hybridized carbons (Fsp3) is 0.357. The molecule has 2 aromatic rings. The molecule has 1 aliphatic heterocycles. The van der Waals surface area contributed by atoms with Gasteiger partial charge in [0, 0.05) is 25.0 Å². The van der Waals surface area contributed by atoms with Crippen molar-refractivity contribution in [2.45, 2.75) is 25.8 Å². The van der Waals surface area contributed by atoms with Gasteiger partial charge in [0.05, 0.1) is 11.7 Å². The Morgan fingerprint density at radius 2 is 2.40 bits per heavy atom. The van der Waals surface area contributed by atoms with Crippen LogP contribution in [0.3, 0.4) is 0 Å². The second-order valence-electron chi connectivity index (χ2n) is 4.79. The van der Waals surface area contributed by atoms with Gasteiger partial charge in [-0.3, -0.25) is 4.79 Å². The molecule has 0 bridgehead atoms. The Bertz CT molecular complexity index is 598. The summed E-state index contributed by atoms with van der Waals surface area (Å²) in [6.07, 6.45) is 3.78. The largest absolute Gasteiger partial charge is 0.334 e. The quantitative estimate of drug-likeness (QED) is 0.943. The van der Waals surface area contributed by atoms with Crippen LogP contribution in [0.4, 0.5) is 10.9 Å². The van der Waals surface area contributed by atoms with Crippen LogP contribution in [-0.4, -0.2) is 27.3 Å². The number of rotatable bonds is 3. The van der Waals surface area contributed by atoms with Gasteiger partial charge in [-0.25, -0.2) is 9.97 Å². The number of pyridine rings is 1. The maximum Gasteiger partial charge on any atom is 0.220 e. The summed E-state index contributed by atoms with van der Waals surface area (Å²) in [5, 5.41) is 6.02. The van der Waals surface area contributed by atoms with E-state index in [4.69, 9.17) is 0 Å². The predicted octanol–water partition coefficient (Wildman–Crippen LogP) is 2.97. The van der Waals surface area contributed by atoms with Gasteiger partial charge in [-0.15, -0.1) is 11.3 Å². The Morgan fingerprint density at radius 3 is 3.15 bits per heavy atom. The highest BCUT2D eigenvalue weighted by atomic mass is 32.1. The first kappa shape index (κ1) is 13.1. The van der Waals surface area contributed by atoms with Crippen LogP contribution >= 0.6 is 11.3 Å². The van der Waals surface area contributed by atoms with E-state index in [1.807, 2.05) is 28.5 Å². The zero-order valence-electron chi connectivity index (χ0n) is 11.2. The lowest BCUT2D eigenvalue weighted by atomic mass is 10.2. The van der Waals surface area contributed by atoms with Crippen molar-refractivity contribution in [1.82, 2.24) is 14.9 Å². The number of nitrogens with zero attached hydrogens (tertiary/aromatic N) is 3. The molecule has 1 atom stereocenters. The van der Waals surface area contributed by atoms with E-state index in [0.29, 0.717) is 0 Å². The van der Waals surface area contributed by atoms with Crippen molar-refractivity contribution in [2.75, 3.05) is 11.9 Å². The molecule has 1 saturated heterocycles. The molecular weight excluding hydrogens is 272 g/mol. The molecule has 1 N–H and O–H groups in total. The van der Waals surface area contributed by atoms with Crippen LogP contribution in [0.25, 0.3) is 0 Å². The summed E-state index contributed by atoms with van der Waals surface area (Å²) in [6, 6.07) is 5.83. The summed E-state index contributed by atoms with van der Waals surface area (Å²) >= 11 is 1.54. The Kier molecular flexibility index (Phi) is 3.64. The van der Waals surface area contributed by atoms with E-state index in [1.165, 1.54) is 0 Å². The van der Waals surface area contributed by atoms with Gasteiger partial charge in [-0.05, 0) is 25.0 Å². The summed E-state index contributed by atoms with van der Waals surface area (Å²) in [5.74, 6) is 0.906. The second kappa shape index (κ2) is 5.58. The Labute approximate surface area is 121 Å². The number of aromatic nitrogens is 2. The van der Waals surface area contributed by atoms with Crippen molar-refractivity contribution >= 4 is 28.2 Å². The number of carbonyl (C=O) groups is 1. The molecule has 2 aromatic heterocycles. The third kappa shape index (κ3) is 2.65. The van der Waals surface area contributed by atoms with Crippen LogP contribution in [0.2, 0.25) is 0 Å². The molecule has 3 heterocycles. The zero-order chi connectivity index (χ0) is 13.9. The minimum absolute atomic E-state index is 0.125. The lowest BCUT2D eigenvalue weighted by Gasteiger charge is -2.21. The highest BCUT2D eigenvalue weighted by Crippen LogP contribution is 2.34. The summed E-state index contributed by atoms with van der Waals surface area (Å²) in [7, 11) is 0. The van der Waals surface area contributed by atoms with Crippen molar-refractivity contribution in [2.24, 2.45) is 0 Å². The standard InChI is InChI=1S/C14H16N4OS/c1-10(19)18-8-4-5-12(18)11-9-20-14(16-11)17-13-6-2-3-7-15-13/h2-3,6-7,9,12H,4-5,8H2,1H3,(H,15,16,17)/t12-/m1/s1. The molecule has 5 nitrogen and oxygen atoms in total. The molecule has 0 spiro atoms. The Morgan fingerprint density at radius 1 is 1.50 bits per heavy atom. The van der Waals surface area contributed by atoms with E-state index < -0.39 is 0 Å². The van der Waals surface area contributed by atoms with Gasteiger partial charge in [-0.1, -0.05) is 6.07 Å². The van der Waals surface area contributed by atoms with Gasteiger partial charge in [0.15, 0.2) is 5.13 Å².